The summed E-state index contributed by atoms with van der Waals surface area (Å²) in [6.45, 7) is 4.36. The maximum atomic E-state index is 5.51. The average molecular weight is 263 g/mol. The van der Waals surface area contributed by atoms with Gasteiger partial charge in [-0.15, -0.1) is 0 Å². The SMILES string of the molecule is CCCn1ncc(OC)c1C1CCC1CNC1CC1. The number of nitrogens with one attached hydrogen (secondary N) is 1. The zero-order valence-corrected chi connectivity index (χ0v) is 12.1. The van der Waals surface area contributed by atoms with E-state index in [9.17, 15) is 0 Å². The van der Waals surface area contributed by atoms with Crippen molar-refractivity contribution in [1.29, 1.82) is 0 Å². The van der Waals surface area contributed by atoms with Gasteiger partial charge in [0.15, 0.2) is 5.75 Å². The van der Waals surface area contributed by atoms with Gasteiger partial charge in [0.2, 0.25) is 0 Å². The van der Waals surface area contributed by atoms with E-state index in [0.717, 1.165) is 37.2 Å². The van der Waals surface area contributed by atoms with Crippen LogP contribution in [-0.2, 0) is 6.54 Å². The normalized spacial score (nSPS) is 26.2. The molecule has 1 aromatic heterocycles. The van der Waals surface area contributed by atoms with Crippen LogP contribution in [0.1, 0.15) is 50.6 Å². The van der Waals surface area contributed by atoms with Gasteiger partial charge in [-0.1, -0.05) is 6.92 Å². The largest absolute Gasteiger partial charge is 0.493 e. The topological polar surface area (TPSA) is 39.1 Å². The van der Waals surface area contributed by atoms with Crippen LogP contribution in [-0.4, -0.2) is 29.5 Å². The quantitative estimate of drug-likeness (QED) is 0.821. The molecular weight excluding hydrogens is 238 g/mol. The summed E-state index contributed by atoms with van der Waals surface area (Å²) < 4.78 is 7.67. The molecule has 1 heterocycles. The minimum absolute atomic E-state index is 0.634. The average Bonchev–Trinajstić information content (AvgIpc) is 3.12. The lowest BCUT2D eigenvalue weighted by Gasteiger charge is -2.37. The molecule has 106 valence electrons. The third kappa shape index (κ3) is 2.64. The highest BCUT2D eigenvalue weighted by atomic mass is 16.5. The number of methoxy groups -OCH3 is 1. The molecule has 0 aliphatic heterocycles. The summed E-state index contributed by atoms with van der Waals surface area (Å²) >= 11 is 0. The zero-order valence-electron chi connectivity index (χ0n) is 12.1. The smallest absolute Gasteiger partial charge is 0.160 e. The molecule has 2 unspecified atom stereocenters. The number of nitrogens with zero attached hydrogens (tertiary/aromatic N) is 2. The fourth-order valence-corrected chi connectivity index (χ4v) is 3.08. The molecule has 0 aromatic carbocycles. The highest BCUT2D eigenvalue weighted by Gasteiger charge is 2.37. The Morgan fingerprint density at radius 3 is 2.79 bits per heavy atom. The van der Waals surface area contributed by atoms with Crippen LogP contribution < -0.4 is 10.1 Å². The van der Waals surface area contributed by atoms with Crippen LogP contribution in [0.25, 0.3) is 0 Å². The first-order valence-corrected chi connectivity index (χ1v) is 7.66. The Bertz CT molecular complexity index is 425. The van der Waals surface area contributed by atoms with Crippen molar-refractivity contribution in [3.05, 3.63) is 11.9 Å². The van der Waals surface area contributed by atoms with Crippen molar-refractivity contribution >= 4 is 0 Å². The predicted octanol–water partition coefficient (Wildman–Crippen LogP) is 2.55. The third-order valence-electron chi connectivity index (χ3n) is 4.52. The van der Waals surface area contributed by atoms with E-state index in [2.05, 4.69) is 22.0 Å². The van der Waals surface area contributed by atoms with E-state index >= 15 is 0 Å². The number of hydrogen-bond acceptors (Lipinski definition) is 3. The Hall–Kier alpha value is -1.03. The second-order valence-electron chi connectivity index (χ2n) is 5.95. The summed E-state index contributed by atoms with van der Waals surface area (Å²) in [6.07, 6.45) is 8.36. The number of ether oxygens (including phenoxy) is 1. The Labute approximate surface area is 115 Å². The van der Waals surface area contributed by atoms with Crippen LogP contribution in [0.15, 0.2) is 6.20 Å². The third-order valence-corrected chi connectivity index (χ3v) is 4.52. The molecule has 2 aliphatic rings. The van der Waals surface area contributed by atoms with Crippen molar-refractivity contribution in [2.45, 2.75) is 57.5 Å². The number of rotatable bonds is 7. The highest BCUT2D eigenvalue weighted by molar-refractivity contribution is 5.31. The van der Waals surface area contributed by atoms with Crippen molar-refractivity contribution in [2.24, 2.45) is 5.92 Å². The predicted molar refractivity (Wildman–Crippen MR) is 75.6 cm³/mol. The molecule has 1 aromatic rings. The summed E-state index contributed by atoms with van der Waals surface area (Å²) in [6, 6.07) is 0.809. The molecule has 0 bridgehead atoms. The maximum absolute atomic E-state index is 5.51. The Kier molecular flexibility index (Phi) is 3.78. The van der Waals surface area contributed by atoms with Gasteiger partial charge >= 0.3 is 0 Å². The van der Waals surface area contributed by atoms with Gasteiger partial charge in [-0.2, -0.15) is 5.10 Å². The summed E-state index contributed by atoms with van der Waals surface area (Å²) in [5, 5.41) is 8.16. The molecule has 19 heavy (non-hydrogen) atoms. The molecular formula is C15H25N3O. The standard InChI is InChI=1S/C15H25N3O/c1-3-8-18-15(14(19-2)10-17-18)13-7-4-11(13)9-16-12-5-6-12/h10-13,16H,3-9H2,1-2H3. The van der Waals surface area contributed by atoms with Crippen LogP contribution in [0.5, 0.6) is 5.75 Å². The number of aromatic nitrogens is 2. The summed E-state index contributed by atoms with van der Waals surface area (Å²) in [7, 11) is 1.76. The van der Waals surface area contributed by atoms with Gasteiger partial charge in [0.1, 0.15) is 0 Å². The number of hydrogen-bond donors (Lipinski definition) is 1. The van der Waals surface area contributed by atoms with Crippen molar-refractivity contribution in [2.75, 3.05) is 13.7 Å². The van der Waals surface area contributed by atoms with E-state index in [-0.39, 0.29) is 0 Å². The second-order valence-corrected chi connectivity index (χ2v) is 5.95. The van der Waals surface area contributed by atoms with Gasteiger partial charge in [0.05, 0.1) is 19.0 Å². The van der Waals surface area contributed by atoms with E-state index in [1.165, 1.54) is 31.4 Å². The molecule has 2 fully saturated rings. The van der Waals surface area contributed by atoms with Gasteiger partial charge in [0.25, 0.3) is 0 Å². The van der Waals surface area contributed by atoms with Gasteiger partial charge in [-0.05, 0) is 44.6 Å². The molecule has 2 atom stereocenters. The van der Waals surface area contributed by atoms with Crippen LogP contribution in [0.4, 0.5) is 0 Å². The fraction of sp³-hybridized carbons (Fsp3) is 0.800. The van der Waals surface area contributed by atoms with Crippen molar-refractivity contribution in [3.8, 4) is 5.75 Å². The number of aryl methyl sites for hydroxylation is 1. The van der Waals surface area contributed by atoms with Crippen LogP contribution in [0, 0.1) is 5.92 Å². The van der Waals surface area contributed by atoms with Crippen LogP contribution in [0.2, 0.25) is 0 Å². The minimum Gasteiger partial charge on any atom is -0.493 e. The molecule has 2 saturated carbocycles. The highest BCUT2D eigenvalue weighted by Crippen LogP contribution is 2.45. The summed E-state index contributed by atoms with van der Waals surface area (Å²) in [5.41, 5.74) is 1.33. The minimum atomic E-state index is 0.634. The molecule has 0 amide bonds. The molecule has 3 rings (SSSR count). The molecule has 2 aliphatic carbocycles. The van der Waals surface area contributed by atoms with Crippen molar-refractivity contribution in [3.63, 3.8) is 0 Å². The summed E-state index contributed by atoms with van der Waals surface area (Å²) in [4.78, 5) is 0. The van der Waals surface area contributed by atoms with E-state index < -0.39 is 0 Å². The lowest BCUT2D eigenvalue weighted by atomic mass is 9.71. The molecule has 1 N–H and O–H groups in total. The van der Waals surface area contributed by atoms with Gasteiger partial charge in [-0.3, -0.25) is 4.68 Å². The van der Waals surface area contributed by atoms with E-state index in [1.54, 1.807) is 7.11 Å². The Morgan fingerprint density at radius 2 is 2.21 bits per heavy atom. The van der Waals surface area contributed by atoms with Crippen LogP contribution in [0.3, 0.4) is 0 Å². The first-order valence-electron chi connectivity index (χ1n) is 7.66. The maximum Gasteiger partial charge on any atom is 0.160 e. The van der Waals surface area contributed by atoms with Crippen molar-refractivity contribution in [1.82, 2.24) is 15.1 Å². The molecule has 4 nitrogen and oxygen atoms in total. The van der Waals surface area contributed by atoms with Gasteiger partial charge in [-0.25, -0.2) is 0 Å². The van der Waals surface area contributed by atoms with E-state index in [0.29, 0.717) is 5.92 Å². The Balaban J connectivity index is 1.70. The monoisotopic (exact) mass is 263 g/mol. The summed E-state index contributed by atoms with van der Waals surface area (Å²) in [5.74, 6) is 2.38. The molecule has 0 spiro atoms. The zero-order chi connectivity index (χ0) is 13.2. The lowest BCUT2D eigenvalue weighted by Crippen LogP contribution is -2.36. The van der Waals surface area contributed by atoms with Gasteiger partial charge < -0.3 is 10.1 Å². The van der Waals surface area contributed by atoms with Crippen molar-refractivity contribution < 1.29 is 4.74 Å². The molecule has 4 heteroatoms. The molecule has 0 saturated heterocycles. The van der Waals surface area contributed by atoms with Gasteiger partial charge in [0, 0.05) is 18.5 Å². The van der Waals surface area contributed by atoms with E-state index in [4.69, 9.17) is 4.74 Å². The lowest BCUT2D eigenvalue weighted by molar-refractivity contribution is 0.227. The second kappa shape index (κ2) is 5.53. The Morgan fingerprint density at radius 1 is 1.37 bits per heavy atom. The fourth-order valence-electron chi connectivity index (χ4n) is 3.08. The molecule has 0 radical (unpaired) electrons. The van der Waals surface area contributed by atoms with Crippen LogP contribution >= 0.6 is 0 Å². The first kappa shape index (κ1) is 13.0. The van der Waals surface area contributed by atoms with E-state index in [1.807, 2.05) is 6.20 Å². The first-order chi connectivity index (χ1) is 9.33.